The van der Waals surface area contributed by atoms with E-state index in [1.165, 1.54) is 19.3 Å². The van der Waals surface area contributed by atoms with Gasteiger partial charge < -0.3 is 9.72 Å². The Kier molecular flexibility index (Phi) is 5.39. The van der Waals surface area contributed by atoms with Crippen LogP contribution in [0.4, 0.5) is 0 Å². The minimum atomic E-state index is 0.293. The Morgan fingerprint density at radius 2 is 1.62 bits per heavy atom. The van der Waals surface area contributed by atoms with Crippen molar-refractivity contribution in [3.63, 3.8) is 0 Å². The zero-order chi connectivity index (χ0) is 24.6. The fourth-order valence-electron chi connectivity index (χ4n) is 5.33. The molecule has 0 aliphatic heterocycles. The number of hydrogen-bond donors (Lipinski definition) is 2. The van der Waals surface area contributed by atoms with Gasteiger partial charge in [0.25, 0.3) is 0 Å². The van der Waals surface area contributed by atoms with Crippen molar-refractivity contribution in [2.75, 3.05) is 0 Å². The second kappa shape index (κ2) is 9.17. The molecular formula is C30H26N6O. The third-order valence-electron chi connectivity index (χ3n) is 7.20. The van der Waals surface area contributed by atoms with Gasteiger partial charge >= 0.3 is 0 Å². The fourth-order valence-corrected chi connectivity index (χ4v) is 5.33. The van der Waals surface area contributed by atoms with Crippen LogP contribution < -0.4 is 4.74 Å². The van der Waals surface area contributed by atoms with Gasteiger partial charge in [0.1, 0.15) is 11.4 Å². The number of nitrogens with zero attached hydrogens (tertiary/aromatic N) is 4. The summed E-state index contributed by atoms with van der Waals surface area (Å²) in [4.78, 5) is 16.9. The SMILES string of the molecule is c1cncc(-c2nccc3[nH]c(-c4n[nH]c5ccc(-c6cncc(OC7CCCCC7)c6)cc45)cc23)c1. The molecule has 5 heterocycles. The molecule has 7 rings (SSSR count). The van der Waals surface area contributed by atoms with Crippen LogP contribution in [0.1, 0.15) is 32.1 Å². The van der Waals surface area contributed by atoms with Crippen LogP contribution in [0.3, 0.4) is 0 Å². The summed E-state index contributed by atoms with van der Waals surface area (Å²) >= 11 is 0. The number of nitrogens with one attached hydrogen (secondary N) is 2. The molecule has 1 saturated carbocycles. The van der Waals surface area contributed by atoms with E-state index >= 15 is 0 Å². The van der Waals surface area contributed by atoms with Crippen molar-refractivity contribution in [1.29, 1.82) is 0 Å². The first-order valence-electron chi connectivity index (χ1n) is 12.8. The molecule has 7 nitrogen and oxygen atoms in total. The predicted molar refractivity (Wildman–Crippen MR) is 145 cm³/mol. The molecule has 5 aromatic heterocycles. The van der Waals surface area contributed by atoms with E-state index in [0.717, 1.165) is 74.2 Å². The van der Waals surface area contributed by atoms with Crippen molar-refractivity contribution in [1.82, 2.24) is 30.1 Å². The van der Waals surface area contributed by atoms with Crippen LogP contribution in [0.2, 0.25) is 0 Å². The molecule has 182 valence electrons. The molecule has 1 fully saturated rings. The van der Waals surface area contributed by atoms with Gasteiger partial charge in [-0.25, -0.2) is 0 Å². The molecule has 0 saturated heterocycles. The summed E-state index contributed by atoms with van der Waals surface area (Å²) in [6.07, 6.45) is 15.5. The fraction of sp³-hybridized carbons (Fsp3) is 0.200. The number of aromatic amines is 2. The number of ether oxygens (including phenoxy) is 1. The maximum absolute atomic E-state index is 6.27. The lowest BCUT2D eigenvalue weighted by atomic mass is 9.98. The molecule has 0 radical (unpaired) electrons. The maximum atomic E-state index is 6.27. The third kappa shape index (κ3) is 4.12. The monoisotopic (exact) mass is 486 g/mol. The Morgan fingerprint density at radius 3 is 2.51 bits per heavy atom. The molecule has 0 bridgehead atoms. The average molecular weight is 487 g/mol. The molecule has 0 unspecified atom stereocenters. The Balaban J connectivity index is 1.26. The number of pyridine rings is 3. The van der Waals surface area contributed by atoms with Gasteiger partial charge in [0.2, 0.25) is 0 Å². The van der Waals surface area contributed by atoms with Gasteiger partial charge in [-0.3, -0.25) is 20.1 Å². The Bertz CT molecular complexity index is 1700. The van der Waals surface area contributed by atoms with E-state index in [2.05, 4.69) is 60.5 Å². The Labute approximate surface area is 214 Å². The highest BCUT2D eigenvalue weighted by Crippen LogP contribution is 2.35. The van der Waals surface area contributed by atoms with Gasteiger partial charge in [0.05, 0.1) is 29.2 Å². The van der Waals surface area contributed by atoms with Crippen molar-refractivity contribution >= 4 is 21.8 Å². The van der Waals surface area contributed by atoms with Gasteiger partial charge in [-0.15, -0.1) is 0 Å². The molecule has 1 aliphatic carbocycles. The molecule has 1 aromatic carbocycles. The van der Waals surface area contributed by atoms with E-state index in [1.807, 2.05) is 43.0 Å². The maximum Gasteiger partial charge on any atom is 0.138 e. The highest BCUT2D eigenvalue weighted by molar-refractivity contribution is 6.00. The van der Waals surface area contributed by atoms with E-state index < -0.39 is 0 Å². The number of hydrogen-bond acceptors (Lipinski definition) is 5. The van der Waals surface area contributed by atoms with Gasteiger partial charge in [-0.2, -0.15) is 5.10 Å². The molecular weight excluding hydrogens is 460 g/mol. The number of rotatable bonds is 5. The molecule has 37 heavy (non-hydrogen) atoms. The molecule has 2 N–H and O–H groups in total. The smallest absolute Gasteiger partial charge is 0.138 e. The van der Waals surface area contributed by atoms with Crippen molar-refractivity contribution in [3.8, 4) is 39.5 Å². The minimum absolute atomic E-state index is 0.293. The van der Waals surface area contributed by atoms with E-state index in [-0.39, 0.29) is 0 Å². The van der Waals surface area contributed by atoms with Crippen molar-refractivity contribution < 1.29 is 4.74 Å². The van der Waals surface area contributed by atoms with E-state index in [1.54, 1.807) is 6.20 Å². The Hall–Kier alpha value is -4.52. The number of aromatic nitrogens is 6. The third-order valence-corrected chi connectivity index (χ3v) is 7.20. The van der Waals surface area contributed by atoms with E-state index in [0.29, 0.717) is 6.10 Å². The molecule has 7 heteroatoms. The Morgan fingerprint density at radius 1 is 0.730 bits per heavy atom. The van der Waals surface area contributed by atoms with Gasteiger partial charge in [-0.1, -0.05) is 12.5 Å². The lowest BCUT2D eigenvalue weighted by Gasteiger charge is -2.23. The largest absolute Gasteiger partial charge is 0.489 e. The molecule has 0 spiro atoms. The van der Waals surface area contributed by atoms with Crippen molar-refractivity contribution in [3.05, 3.63) is 79.5 Å². The quantitative estimate of drug-likeness (QED) is 0.275. The van der Waals surface area contributed by atoms with Crippen molar-refractivity contribution in [2.45, 2.75) is 38.2 Å². The summed E-state index contributed by atoms with van der Waals surface area (Å²) in [6, 6.07) is 16.5. The summed E-state index contributed by atoms with van der Waals surface area (Å²) in [5, 5.41) is 9.93. The van der Waals surface area contributed by atoms with Crippen LogP contribution >= 0.6 is 0 Å². The van der Waals surface area contributed by atoms with E-state index in [9.17, 15) is 0 Å². The number of fused-ring (bicyclic) bond motifs is 2. The predicted octanol–water partition coefficient (Wildman–Crippen LogP) is 6.94. The summed E-state index contributed by atoms with van der Waals surface area (Å²) in [5.74, 6) is 0.836. The molecule has 0 amide bonds. The second-order valence-corrected chi connectivity index (χ2v) is 9.67. The highest BCUT2D eigenvalue weighted by atomic mass is 16.5. The molecule has 1 aliphatic rings. The normalized spacial score (nSPS) is 14.4. The summed E-state index contributed by atoms with van der Waals surface area (Å²) in [7, 11) is 0. The molecule has 0 atom stereocenters. The number of benzene rings is 1. The lowest BCUT2D eigenvalue weighted by Crippen LogP contribution is -2.19. The van der Waals surface area contributed by atoms with Crippen LogP contribution in [-0.2, 0) is 0 Å². The zero-order valence-electron chi connectivity index (χ0n) is 20.3. The van der Waals surface area contributed by atoms with Crippen LogP contribution in [-0.4, -0.2) is 36.2 Å². The topological polar surface area (TPSA) is 92.4 Å². The lowest BCUT2D eigenvalue weighted by molar-refractivity contribution is 0.154. The van der Waals surface area contributed by atoms with Crippen LogP contribution in [0.25, 0.3) is 55.6 Å². The van der Waals surface area contributed by atoms with E-state index in [4.69, 9.17) is 4.74 Å². The van der Waals surface area contributed by atoms with Crippen molar-refractivity contribution in [2.24, 2.45) is 0 Å². The highest BCUT2D eigenvalue weighted by Gasteiger charge is 2.17. The first-order valence-corrected chi connectivity index (χ1v) is 12.8. The van der Waals surface area contributed by atoms with Crippen LogP contribution in [0.5, 0.6) is 5.75 Å². The molecule has 6 aromatic rings. The number of H-pyrrole nitrogens is 2. The van der Waals surface area contributed by atoms with Gasteiger partial charge in [0, 0.05) is 52.2 Å². The van der Waals surface area contributed by atoms with Gasteiger partial charge in [-0.05, 0) is 73.7 Å². The zero-order valence-corrected chi connectivity index (χ0v) is 20.3. The standard InChI is InChI=1S/C30H26N6O/c1-2-6-22(7-3-1)37-23-13-21(17-32-18-23)19-8-9-27-24(14-19)30(36-35-27)28-15-25-26(34-28)10-12-33-29(25)20-5-4-11-31-16-20/h4-5,8-18,22,34H,1-3,6-7H2,(H,35,36). The summed E-state index contributed by atoms with van der Waals surface area (Å²) < 4.78 is 6.27. The first kappa shape index (κ1) is 21.7. The first-order chi connectivity index (χ1) is 18.3. The average Bonchev–Trinajstić information content (AvgIpc) is 3.58. The summed E-state index contributed by atoms with van der Waals surface area (Å²) in [6.45, 7) is 0. The minimum Gasteiger partial charge on any atom is -0.489 e. The second-order valence-electron chi connectivity index (χ2n) is 9.67. The van der Waals surface area contributed by atoms with Crippen LogP contribution in [0, 0.1) is 0 Å². The van der Waals surface area contributed by atoms with Crippen LogP contribution in [0.15, 0.2) is 79.5 Å². The van der Waals surface area contributed by atoms with Gasteiger partial charge in [0.15, 0.2) is 0 Å². The summed E-state index contributed by atoms with van der Waals surface area (Å²) in [5.41, 5.74) is 7.77.